The molecule has 1 aromatic rings. The molecule has 0 aliphatic carbocycles. The van der Waals surface area contributed by atoms with Gasteiger partial charge in [-0.1, -0.05) is 15.9 Å². The van der Waals surface area contributed by atoms with Crippen molar-refractivity contribution in [1.29, 1.82) is 0 Å². The smallest absolute Gasteiger partial charge is 0.326 e. The van der Waals surface area contributed by atoms with Crippen molar-refractivity contribution < 1.29 is 14.7 Å². The quantitative estimate of drug-likeness (QED) is 0.901. The van der Waals surface area contributed by atoms with E-state index in [1.165, 1.54) is 11.8 Å². The molecule has 1 aliphatic heterocycles. The van der Waals surface area contributed by atoms with Crippen LogP contribution in [0.2, 0.25) is 0 Å². The molecule has 1 amide bonds. The van der Waals surface area contributed by atoms with Crippen molar-refractivity contribution in [3.05, 3.63) is 28.2 Å². The summed E-state index contributed by atoms with van der Waals surface area (Å²) in [5, 5.41) is 8.94. The number of carboxylic acid groups (broad SMARTS) is 1. The van der Waals surface area contributed by atoms with Crippen LogP contribution in [0.1, 0.15) is 12.5 Å². The second-order valence-corrected chi connectivity index (χ2v) is 4.64. The molecule has 1 N–H and O–H groups in total. The molecular formula is C11H10BrNO3. The summed E-state index contributed by atoms with van der Waals surface area (Å²) in [4.78, 5) is 24.0. The Hall–Kier alpha value is -1.36. The SMILES string of the molecule is C[C@@H](C(=O)O)N1C(=O)Cc2cc(Br)ccc21. The van der Waals surface area contributed by atoms with Crippen LogP contribution in [-0.2, 0) is 16.0 Å². The number of aliphatic carboxylic acids is 1. The molecule has 0 radical (unpaired) electrons. The number of benzene rings is 1. The first kappa shape index (κ1) is 11.1. The Labute approximate surface area is 101 Å². The lowest BCUT2D eigenvalue weighted by Gasteiger charge is -2.21. The van der Waals surface area contributed by atoms with E-state index in [9.17, 15) is 9.59 Å². The normalized spacial score (nSPS) is 16.1. The van der Waals surface area contributed by atoms with Crippen molar-refractivity contribution in [2.75, 3.05) is 4.90 Å². The summed E-state index contributed by atoms with van der Waals surface area (Å²) in [7, 11) is 0. The van der Waals surface area contributed by atoms with Crippen LogP contribution in [0, 0.1) is 0 Å². The van der Waals surface area contributed by atoms with Gasteiger partial charge in [-0.25, -0.2) is 4.79 Å². The van der Waals surface area contributed by atoms with Crippen molar-refractivity contribution in [2.24, 2.45) is 0 Å². The molecule has 1 heterocycles. The zero-order valence-corrected chi connectivity index (χ0v) is 10.2. The second-order valence-electron chi connectivity index (χ2n) is 3.73. The fourth-order valence-electron chi connectivity index (χ4n) is 1.85. The molecule has 0 unspecified atom stereocenters. The Morgan fingerprint density at radius 3 is 2.88 bits per heavy atom. The van der Waals surface area contributed by atoms with Gasteiger partial charge in [0.25, 0.3) is 0 Å². The molecule has 2 rings (SSSR count). The number of hydrogen-bond donors (Lipinski definition) is 1. The van der Waals surface area contributed by atoms with Gasteiger partial charge >= 0.3 is 5.97 Å². The van der Waals surface area contributed by atoms with Gasteiger partial charge < -0.3 is 5.11 Å². The first-order chi connectivity index (χ1) is 7.50. The van der Waals surface area contributed by atoms with Gasteiger partial charge in [0.05, 0.1) is 6.42 Å². The molecule has 0 spiro atoms. The Bertz CT molecular complexity index is 472. The van der Waals surface area contributed by atoms with Crippen molar-refractivity contribution in [1.82, 2.24) is 0 Å². The Kier molecular flexibility index (Phi) is 2.71. The van der Waals surface area contributed by atoms with Crippen LogP contribution in [0.4, 0.5) is 5.69 Å². The minimum absolute atomic E-state index is 0.164. The molecular weight excluding hydrogens is 274 g/mol. The van der Waals surface area contributed by atoms with Crippen LogP contribution in [-0.4, -0.2) is 23.0 Å². The van der Waals surface area contributed by atoms with Gasteiger partial charge in [0.2, 0.25) is 5.91 Å². The van der Waals surface area contributed by atoms with Crippen LogP contribution in [0.25, 0.3) is 0 Å². The van der Waals surface area contributed by atoms with E-state index in [-0.39, 0.29) is 12.3 Å². The number of carbonyl (C=O) groups is 2. The highest BCUT2D eigenvalue weighted by Crippen LogP contribution is 2.32. The third kappa shape index (κ3) is 1.71. The van der Waals surface area contributed by atoms with Crippen LogP contribution in [0.5, 0.6) is 0 Å². The molecule has 1 aromatic carbocycles. The van der Waals surface area contributed by atoms with Crippen molar-refractivity contribution >= 4 is 33.5 Å². The molecule has 4 nitrogen and oxygen atoms in total. The van der Waals surface area contributed by atoms with Crippen molar-refractivity contribution in [3.63, 3.8) is 0 Å². The van der Waals surface area contributed by atoms with Gasteiger partial charge in [-0.2, -0.15) is 0 Å². The number of amides is 1. The maximum absolute atomic E-state index is 11.7. The molecule has 1 atom stereocenters. The van der Waals surface area contributed by atoms with Gasteiger partial charge in [-0.05, 0) is 30.7 Å². The van der Waals surface area contributed by atoms with E-state index in [0.717, 1.165) is 10.0 Å². The minimum atomic E-state index is -0.996. The Morgan fingerprint density at radius 1 is 1.56 bits per heavy atom. The molecule has 5 heteroatoms. The Morgan fingerprint density at radius 2 is 2.25 bits per heavy atom. The largest absolute Gasteiger partial charge is 0.480 e. The molecule has 0 saturated carbocycles. The lowest BCUT2D eigenvalue weighted by Crippen LogP contribution is -2.41. The predicted molar refractivity (Wildman–Crippen MR) is 62.4 cm³/mol. The number of carbonyl (C=O) groups excluding carboxylic acids is 1. The number of nitrogens with zero attached hydrogens (tertiary/aromatic N) is 1. The molecule has 16 heavy (non-hydrogen) atoms. The number of rotatable bonds is 2. The Balaban J connectivity index is 2.44. The van der Waals surface area contributed by atoms with E-state index in [0.29, 0.717) is 5.69 Å². The predicted octanol–water partition coefficient (Wildman–Crippen LogP) is 1.81. The fourth-order valence-corrected chi connectivity index (χ4v) is 2.26. The zero-order valence-electron chi connectivity index (χ0n) is 8.61. The monoisotopic (exact) mass is 283 g/mol. The van der Waals surface area contributed by atoms with Crippen molar-refractivity contribution in [2.45, 2.75) is 19.4 Å². The van der Waals surface area contributed by atoms with Gasteiger partial charge in [0.1, 0.15) is 6.04 Å². The number of carboxylic acids is 1. The van der Waals surface area contributed by atoms with E-state index in [4.69, 9.17) is 5.11 Å². The summed E-state index contributed by atoms with van der Waals surface area (Å²) in [5.41, 5.74) is 1.57. The minimum Gasteiger partial charge on any atom is -0.480 e. The summed E-state index contributed by atoms with van der Waals surface area (Å²) in [6.45, 7) is 1.51. The highest BCUT2D eigenvalue weighted by Gasteiger charge is 2.34. The zero-order chi connectivity index (χ0) is 11.9. The summed E-state index contributed by atoms with van der Waals surface area (Å²) in [6.07, 6.45) is 0.270. The molecule has 0 saturated heterocycles. The summed E-state index contributed by atoms with van der Waals surface area (Å²) >= 11 is 3.32. The second kappa shape index (κ2) is 3.90. The molecule has 1 aliphatic rings. The van der Waals surface area contributed by atoms with Gasteiger partial charge in [0.15, 0.2) is 0 Å². The van der Waals surface area contributed by atoms with Crippen LogP contribution in [0.15, 0.2) is 22.7 Å². The van der Waals surface area contributed by atoms with E-state index in [1.807, 2.05) is 6.07 Å². The summed E-state index contributed by atoms with van der Waals surface area (Å²) in [6, 6.07) is 4.60. The third-order valence-electron chi connectivity index (χ3n) is 2.66. The fraction of sp³-hybridized carbons (Fsp3) is 0.273. The van der Waals surface area contributed by atoms with E-state index in [2.05, 4.69) is 15.9 Å². The van der Waals surface area contributed by atoms with Crippen LogP contribution < -0.4 is 4.90 Å². The first-order valence-electron chi connectivity index (χ1n) is 4.84. The average Bonchev–Trinajstić information content (AvgIpc) is 2.51. The van der Waals surface area contributed by atoms with E-state index in [1.54, 1.807) is 12.1 Å². The van der Waals surface area contributed by atoms with Crippen LogP contribution in [0.3, 0.4) is 0 Å². The number of anilines is 1. The van der Waals surface area contributed by atoms with E-state index >= 15 is 0 Å². The highest BCUT2D eigenvalue weighted by atomic mass is 79.9. The van der Waals surface area contributed by atoms with Gasteiger partial charge in [0, 0.05) is 10.2 Å². The topological polar surface area (TPSA) is 57.6 Å². The van der Waals surface area contributed by atoms with E-state index < -0.39 is 12.0 Å². The standard InChI is InChI=1S/C11H10BrNO3/c1-6(11(15)16)13-9-3-2-8(12)4-7(9)5-10(13)14/h2-4,6H,5H2,1H3,(H,15,16)/t6-/m0/s1. The average molecular weight is 284 g/mol. The molecule has 0 fully saturated rings. The lowest BCUT2D eigenvalue weighted by atomic mass is 10.2. The van der Waals surface area contributed by atoms with Gasteiger partial charge in [-0.15, -0.1) is 0 Å². The van der Waals surface area contributed by atoms with Crippen molar-refractivity contribution in [3.8, 4) is 0 Å². The highest BCUT2D eigenvalue weighted by molar-refractivity contribution is 9.10. The number of halogens is 1. The maximum atomic E-state index is 11.7. The van der Waals surface area contributed by atoms with Gasteiger partial charge in [-0.3, -0.25) is 9.69 Å². The summed E-state index contributed by atoms with van der Waals surface area (Å²) in [5.74, 6) is -1.16. The van der Waals surface area contributed by atoms with Crippen LogP contribution >= 0.6 is 15.9 Å². The molecule has 0 aromatic heterocycles. The summed E-state index contributed by atoms with van der Waals surface area (Å²) < 4.78 is 0.892. The first-order valence-corrected chi connectivity index (χ1v) is 5.63. The lowest BCUT2D eigenvalue weighted by molar-refractivity contribution is -0.139. The molecule has 84 valence electrons. The maximum Gasteiger partial charge on any atom is 0.326 e. The number of hydrogen-bond acceptors (Lipinski definition) is 2. The molecule has 0 bridgehead atoms. The number of fused-ring (bicyclic) bond motifs is 1. The third-order valence-corrected chi connectivity index (χ3v) is 3.15.